The number of hydrogen-bond donors (Lipinski definition) is 0. The molecule has 0 saturated carbocycles. The van der Waals surface area contributed by atoms with Gasteiger partial charge in [0.1, 0.15) is 13.1 Å². The quantitative estimate of drug-likeness (QED) is 0.579. The number of hydrogen-bond acceptors (Lipinski definition) is 1. The van der Waals surface area contributed by atoms with Crippen molar-refractivity contribution >= 4 is 5.82 Å². The molecule has 2 rings (SSSR count). The highest BCUT2D eigenvalue weighted by Gasteiger charge is 2.36. The topological polar surface area (TPSA) is 32.8 Å². The standard InChI is InChI=1S/C9H12N2O/c12-11(7-3-4-8-11)9-5-1-2-6-10-9/h1-2,5-6H,3-4,7-8H2/q+1. The van der Waals surface area contributed by atoms with Crippen LogP contribution in [0.5, 0.6) is 0 Å². The predicted molar refractivity (Wildman–Crippen MR) is 45.7 cm³/mol. The van der Waals surface area contributed by atoms with Gasteiger partial charge in [-0.05, 0) is 6.07 Å². The Kier molecular flexibility index (Phi) is 1.83. The van der Waals surface area contributed by atoms with Gasteiger partial charge in [-0.15, -0.1) is 0 Å². The Bertz CT molecular complexity index is 254. The van der Waals surface area contributed by atoms with E-state index in [4.69, 9.17) is 0 Å². The van der Waals surface area contributed by atoms with E-state index in [-0.39, 0.29) is 4.65 Å². The molecular formula is C9H12N2O+. The molecule has 1 aromatic heterocycles. The molecule has 0 N–H and O–H groups in total. The highest BCUT2D eigenvalue weighted by atomic mass is 16.5. The zero-order valence-electron chi connectivity index (χ0n) is 6.94. The van der Waals surface area contributed by atoms with Crippen LogP contribution in [-0.4, -0.2) is 18.1 Å². The molecule has 0 amide bonds. The van der Waals surface area contributed by atoms with E-state index in [2.05, 4.69) is 4.98 Å². The second kappa shape index (κ2) is 2.84. The van der Waals surface area contributed by atoms with Gasteiger partial charge in [0.15, 0.2) is 0 Å². The first-order valence-corrected chi connectivity index (χ1v) is 4.31. The molecule has 1 saturated heterocycles. The molecule has 1 aliphatic heterocycles. The molecule has 63 valence electrons. The van der Waals surface area contributed by atoms with Crippen LogP contribution in [0, 0.1) is 0 Å². The van der Waals surface area contributed by atoms with Crippen molar-refractivity contribution < 1.29 is 5.21 Å². The molecule has 1 aromatic rings. The van der Waals surface area contributed by atoms with E-state index in [1.807, 2.05) is 18.2 Å². The van der Waals surface area contributed by atoms with Gasteiger partial charge in [0.2, 0.25) is 0 Å². The minimum Gasteiger partial charge on any atom is -0.202 e. The van der Waals surface area contributed by atoms with Crippen LogP contribution in [0.3, 0.4) is 0 Å². The Morgan fingerprint density at radius 2 is 2.00 bits per heavy atom. The lowest BCUT2D eigenvalue weighted by molar-refractivity contribution is -0.129. The summed E-state index contributed by atoms with van der Waals surface area (Å²) in [4.78, 5) is 4.09. The minimum atomic E-state index is -0.221. The summed E-state index contributed by atoms with van der Waals surface area (Å²) in [5.41, 5.74) is 0. The van der Waals surface area contributed by atoms with Gasteiger partial charge in [0.05, 0.1) is 0 Å². The van der Waals surface area contributed by atoms with E-state index in [1.165, 1.54) is 0 Å². The molecule has 0 aromatic carbocycles. The minimum absolute atomic E-state index is 0.221. The Hall–Kier alpha value is -0.930. The van der Waals surface area contributed by atoms with Crippen molar-refractivity contribution in [2.45, 2.75) is 12.8 Å². The summed E-state index contributed by atoms with van der Waals surface area (Å²) in [6, 6.07) is 5.53. The second-order valence-corrected chi connectivity index (χ2v) is 3.23. The van der Waals surface area contributed by atoms with E-state index in [0.717, 1.165) is 12.8 Å². The average molecular weight is 164 g/mol. The molecule has 0 spiro atoms. The summed E-state index contributed by atoms with van der Waals surface area (Å²) in [7, 11) is 0. The zero-order chi connectivity index (χ0) is 8.44. The summed E-state index contributed by atoms with van der Waals surface area (Å²) >= 11 is 0. The SMILES string of the molecule is [O][N+]1(c2ccccn2)CCCC1. The third-order valence-electron chi connectivity index (χ3n) is 2.36. The summed E-state index contributed by atoms with van der Waals surface area (Å²) in [5, 5.41) is 12.0. The normalized spacial score (nSPS) is 21.1. The fourth-order valence-corrected chi connectivity index (χ4v) is 1.67. The zero-order valence-corrected chi connectivity index (χ0v) is 6.94. The summed E-state index contributed by atoms with van der Waals surface area (Å²) in [6.45, 7) is 1.38. The third-order valence-corrected chi connectivity index (χ3v) is 2.36. The Morgan fingerprint density at radius 3 is 2.58 bits per heavy atom. The summed E-state index contributed by atoms with van der Waals surface area (Å²) in [5.74, 6) is 0.662. The molecule has 3 heteroatoms. The van der Waals surface area contributed by atoms with Gasteiger partial charge >= 0.3 is 0 Å². The van der Waals surface area contributed by atoms with Gasteiger partial charge in [-0.2, -0.15) is 0 Å². The Labute approximate surface area is 71.8 Å². The smallest absolute Gasteiger partial charge is 0.202 e. The van der Waals surface area contributed by atoms with Crippen molar-refractivity contribution in [3.63, 3.8) is 0 Å². The largest absolute Gasteiger partial charge is 0.263 e. The first kappa shape index (κ1) is 7.71. The number of rotatable bonds is 1. The van der Waals surface area contributed by atoms with E-state index in [9.17, 15) is 5.21 Å². The number of aromatic nitrogens is 1. The average Bonchev–Trinajstić information content (AvgIpc) is 2.55. The maximum Gasteiger partial charge on any atom is 0.263 e. The van der Waals surface area contributed by atoms with Crippen molar-refractivity contribution in [2.75, 3.05) is 13.1 Å². The van der Waals surface area contributed by atoms with Crippen LogP contribution in [-0.2, 0) is 5.21 Å². The third kappa shape index (κ3) is 1.21. The Morgan fingerprint density at radius 1 is 1.25 bits per heavy atom. The van der Waals surface area contributed by atoms with Crippen LogP contribution in [0.4, 0.5) is 5.82 Å². The first-order chi connectivity index (χ1) is 5.81. The van der Waals surface area contributed by atoms with Gasteiger partial charge in [-0.25, -0.2) is 4.98 Å². The van der Waals surface area contributed by atoms with Crippen molar-refractivity contribution in [2.24, 2.45) is 0 Å². The second-order valence-electron chi connectivity index (χ2n) is 3.23. The van der Waals surface area contributed by atoms with Gasteiger partial charge in [-0.3, -0.25) is 0 Å². The van der Waals surface area contributed by atoms with Crippen molar-refractivity contribution in [3.8, 4) is 0 Å². The summed E-state index contributed by atoms with van der Waals surface area (Å²) in [6.07, 6.45) is 3.74. The molecule has 0 bridgehead atoms. The molecule has 2 heterocycles. The predicted octanol–water partition coefficient (Wildman–Crippen LogP) is 1.53. The lowest BCUT2D eigenvalue weighted by atomic mass is 10.4. The van der Waals surface area contributed by atoms with Gasteiger partial charge in [0, 0.05) is 30.3 Å². The van der Waals surface area contributed by atoms with Crippen molar-refractivity contribution in [1.82, 2.24) is 9.63 Å². The lowest BCUT2D eigenvalue weighted by Crippen LogP contribution is -2.41. The maximum atomic E-state index is 12.0. The highest BCUT2D eigenvalue weighted by Crippen LogP contribution is 2.24. The Balaban J connectivity index is 2.29. The lowest BCUT2D eigenvalue weighted by Gasteiger charge is -2.17. The van der Waals surface area contributed by atoms with E-state index in [1.54, 1.807) is 6.20 Å². The summed E-state index contributed by atoms with van der Waals surface area (Å²) < 4.78 is -0.221. The van der Waals surface area contributed by atoms with Crippen LogP contribution in [0.1, 0.15) is 12.8 Å². The van der Waals surface area contributed by atoms with Gasteiger partial charge in [0.25, 0.3) is 5.82 Å². The number of hydroxylamine groups is 2. The van der Waals surface area contributed by atoms with E-state index < -0.39 is 0 Å². The highest BCUT2D eigenvalue weighted by molar-refractivity contribution is 5.31. The van der Waals surface area contributed by atoms with E-state index >= 15 is 0 Å². The number of quaternary nitrogens is 1. The molecule has 0 aliphatic carbocycles. The van der Waals surface area contributed by atoms with Crippen LogP contribution < -0.4 is 4.65 Å². The molecule has 12 heavy (non-hydrogen) atoms. The van der Waals surface area contributed by atoms with Gasteiger partial charge < -0.3 is 0 Å². The fraction of sp³-hybridized carbons (Fsp3) is 0.444. The van der Waals surface area contributed by atoms with E-state index in [0.29, 0.717) is 18.9 Å². The molecule has 1 aliphatic rings. The van der Waals surface area contributed by atoms with Crippen molar-refractivity contribution in [1.29, 1.82) is 0 Å². The molecule has 3 nitrogen and oxygen atoms in total. The van der Waals surface area contributed by atoms with Crippen molar-refractivity contribution in [3.05, 3.63) is 24.4 Å². The molecule has 1 fully saturated rings. The van der Waals surface area contributed by atoms with Crippen LogP contribution >= 0.6 is 0 Å². The number of pyridine rings is 1. The molecule has 1 radical (unpaired) electrons. The molecule has 0 unspecified atom stereocenters. The maximum absolute atomic E-state index is 12.0. The monoisotopic (exact) mass is 164 g/mol. The molecule has 0 atom stereocenters. The first-order valence-electron chi connectivity index (χ1n) is 4.31. The number of nitrogens with zero attached hydrogens (tertiary/aromatic N) is 2. The van der Waals surface area contributed by atoms with Crippen LogP contribution in [0.2, 0.25) is 0 Å². The van der Waals surface area contributed by atoms with Gasteiger partial charge in [-0.1, -0.05) is 10.7 Å². The fourth-order valence-electron chi connectivity index (χ4n) is 1.67. The van der Waals surface area contributed by atoms with Crippen LogP contribution in [0.15, 0.2) is 24.4 Å². The van der Waals surface area contributed by atoms with Crippen LogP contribution in [0.25, 0.3) is 0 Å². The molecular weight excluding hydrogens is 152 g/mol.